The SMILES string of the molecule is COC(=O)Nc1ccc(C(C[C@@H](CO)N(Cc2ccccc2)C[C@H](O)COc2ccccc2)c2ccc(NC(=O)OC)cc2)cc1. The number of hydrogen-bond acceptors (Lipinski definition) is 8. The third-order valence-electron chi connectivity index (χ3n) is 7.58. The summed E-state index contributed by atoms with van der Waals surface area (Å²) < 4.78 is 15.3. The van der Waals surface area contributed by atoms with Crippen LogP contribution in [0.2, 0.25) is 0 Å². The largest absolute Gasteiger partial charge is 0.491 e. The number of para-hydroxylation sites is 1. The molecule has 4 N–H and O–H groups in total. The van der Waals surface area contributed by atoms with Gasteiger partial charge in [-0.25, -0.2) is 9.59 Å². The van der Waals surface area contributed by atoms with Gasteiger partial charge in [0.2, 0.25) is 0 Å². The zero-order valence-electron chi connectivity index (χ0n) is 26.0. The van der Waals surface area contributed by atoms with Crippen molar-refractivity contribution in [3.8, 4) is 5.75 Å². The molecule has 4 rings (SSSR count). The summed E-state index contributed by atoms with van der Waals surface area (Å²) in [4.78, 5) is 25.6. The number of benzene rings is 4. The number of aliphatic hydroxyl groups is 2. The fourth-order valence-corrected chi connectivity index (χ4v) is 5.20. The average molecular weight is 628 g/mol. The van der Waals surface area contributed by atoms with Crippen molar-refractivity contribution in [1.29, 1.82) is 0 Å². The summed E-state index contributed by atoms with van der Waals surface area (Å²) in [5, 5.41) is 27.2. The Kier molecular flexibility index (Phi) is 13.0. The molecule has 0 aliphatic carbocycles. The minimum Gasteiger partial charge on any atom is -0.491 e. The highest BCUT2D eigenvalue weighted by Crippen LogP contribution is 2.33. The van der Waals surface area contributed by atoms with Gasteiger partial charge in [0.1, 0.15) is 18.5 Å². The molecule has 242 valence electrons. The molecular formula is C36H41N3O7. The number of nitrogens with zero attached hydrogens (tertiary/aromatic N) is 1. The number of carbonyl (C=O) groups is 2. The molecule has 0 bridgehead atoms. The van der Waals surface area contributed by atoms with Crippen LogP contribution in [0.3, 0.4) is 0 Å². The topological polar surface area (TPSA) is 130 Å². The summed E-state index contributed by atoms with van der Waals surface area (Å²) in [6.07, 6.45) is -1.44. The van der Waals surface area contributed by atoms with Crippen molar-refractivity contribution in [1.82, 2.24) is 4.90 Å². The Bertz CT molecular complexity index is 1420. The van der Waals surface area contributed by atoms with E-state index >= 15 is 0 Å². The lowest BCUT2D eigenvalue weighted by Crippen LogP contribution is -2.44. The molecule has 0 heterocycles. The molecule has 0 saturated heterocycles. The van der Waals surface area contributed by atoms with Crippen molar-refractivity contribution < 1.29 is 34.0 Å². The minimum absolute atomic E-state index is 0.0974. The zero-order chi connectivity index (χ0) is 32.7. The molecule has 0 aromatic heterocycles. The number of aliphatic hydroxyl groups excluding tert-OH is 2. The number of rotatable bonds is 15. The first-order valence-corrected chi connectivity index (χ1v) is 15.0. The molecule has 10 heteroatoms. The summed E-state index contributed by atoms with van der Waals surface area (Å²) in [5.41, 5.74) is 4.12. The van der Waals surface area contributed by atoms with Gasteiger partial charge in [0.25, 0.3) is 0 Å². The van der Waals surface area contributed by atoms with Gasteiger partial charge in [-0.15, -0.1) is 0 Å². The third kappa shape index (κ3) is 10.3. The van der Waals surface area contributed by atoms with Gasteiger partial charge in [0.15, 0.2) is 0 Å². The minimum atomic E-state index is -0.816. The first kappa shape index (κ1) is 34.0. The molecule has 2 atom stereocenters. The van der Waals surface area contributed by atoms with Crippen LogP contribution in [0.25, 0.3) is 0 Å². The van der Waals surface area contributed by atoms with Gasteiger partial charge in [-0.3, -0.25) is 15.5 Å². The molecule has 0 unspecified atom stereocenters. The zero-order valence-corrected chi connectivity index (χ0v) is 26.0. The monoisotopic (exact) mass is 627 g/mol. The lowest BCUT2D eigenvalue weighted by molar-refractivity contribution is 0.0300. The van der Waals surface area contributed by atoms with E-state index in [4.69, 9.17) is 14.2 Å². The van der Waals surface area contributed by atoms with Crippen LogP contribution in [0.15, 0.2) is 109 Å². The van der Waals surface area contributed by atoms with Crippen molar-refractivity contribution >= 4 is 23.6 Å². The van der Waals surface area contributed by atoms with Gasteiger partial charge in [-0.05, 0) is 59.5 Å². The Morgan fingerprint density at radius 2 is 1.24 bits per heavy atom. The number of methoxy groups -OCH3 is 2. The number of amides is 2. The van der Waals surface area contributed by atoms with Crippen LogP contribution in [-0.2, 0) is 16.0 Å². The van der Waals surface area contributed by atoms with E-state index < -0.39 is 18.3 Å². The third-order valence-corrected chi connectivity index (χ3v) is 7.58. The second-order valence-corrected chi connectivity index (χ2v) is 10.8. The molecule has 0 fully saturated rings. The summed E-state index contributed by atoms with van der Waals surface area (Å²) in [7, 11) is 2.61. The number of ether oxygens (including phenoxy) is 3. The van der Waals surface area contributed by atoms with Crippen molar-refractivity contribution in [3.63, 3.8) is 0 Å². The van der Waals surface area contributed by atoms with Crippen LogP contribution < -0.4 is 15.4 Å². The first-order valence-electron chi connectivity index (χ1n) is 15.0. The highest BCUT2D eigenvalue weighted by molar-refractivity contribution is 5.85. The fourth-order valence-electron chi connectivity index (χ4n) is 5.20. The van der Waals surface area contributed by atoms with Gasteiger partial charge < -0.3 is 24.4 Å². The highest BCUT2D eigenvalue weighted by atomic mass is 16.5. The van der Waals surface area contributed by atoms with Crippen molar-refractivity contribution in [3.05, 3.63) is 126 Å². The molecule has 0 spiro atoms. The van der Waals surface area contributed by atoms with Crippen molar-refractivity contribution in [2.24, 2.45) is 0 Å². The highest BCUT2D eigenvalue weighted by Gasteiger charge is 2.27. The molecule has 4 aromatic carbocycles. The van der Waals surface area contributed by atoms with Gasteiger partial charge >= 0.3 is 12.2 Å². The second kappa shape index (κ2) is 17.6. The second-order valence-electron chi connectivity index (χ2n) is 10.8. The molecule has 0 saturated carbocycles. The van der Waals surface area contributed by atoms with Gasteiger partial charge in [-0.1, -0.05) is 72.8 Å². The summed E-state index contributed by atoms with van der Waals surface area (Å²) in [6, 6.07) is 33.8. The Labute approximate surface area is 269 Å². The number of nitrogens with one attached hydrogen (secondary N) is 2. The molecular weight excluding hydrogens is 586 g/mol. The van der Waals surface area contributed by atoms with E-state index in [1.165, 1.54) is 14.2 Å². The number of hydrogen-bond donors (Lipinski definition) is 4. The maximum atomic E-state index is 11.7. The summed E-state index contributed by atoms with van der Waals surface area (Å²) >= 11 is 0. The molecule has 0 aliphatic rings. The van der Waals surface area contributed by atoms with Crippen molar-refractivity contribution in [2.45, 2.75) is 31.0 Å². The van der Waals surface area contributed by atoms with Crippen LogP contribution in [0.5, 0.6) is 5.75 Å². The lowest BCUT2D eigenvalue weighted by Gasteiger charge is -2.35. The Hall–Kier alpha value is -4.90. The van der Waals surface area contributed by atoms with E-state index in [0.29, 0.717) is 30.1 Å². The van der Waals surface area contributed by atoms with E-state index in [1.807, 2.05) is 84.9 Å². The Balaban J connectivity index is 1.61. The van der Waals surface area contributed by atoms with E-state index in [1.54, 1.807) is 24.3 Å². The molecule has 4 aromatic rings. The molecule has 46 heavy (non-hydrogen) atoms. The predicted molar refractivity (Wildman–Crippen MR) is 177 cm³/mol. The summed E-state index contributed by atoms with van der Waals surface area (Å²) in [6.45, 7) is 0.717. The maximum Gasteiger partial charge on any atom is 0.411 e. The molecule has 0 radical (unpaired) electrons. The van der Waals surface area contributed by atoms with E-state index in [2.05, 4.69) is 15.5 Å². The quantitative estimate of drug-likeness (QED) is 0.129. The fraction of sp³-hybridized carbons (Fsp3) is 0.278. The van der Waals surface area contributed by atoms with E-state index in [0.717, 1.165) is 16.7 Å². The van der Waals surface area contributed by atoms with Gasteiger partial charge in [0.05, 0.1) is 20.8 Å². The Morgan fingerprint density at radius 1 is 0.739 bits per heavy atom. The van der Waals surface area contributed by atoms with Crippen LogP contribution in [0.1, 0.15) is 29.0 Å². The predicted octanol–water partition coefficient (Wildman–Crippen LogP) is 5.87. The Morgan fingerprint density at radius 3 is 1.72 bits per heavy atom. The molecule has 2 amide bonds. The van der Waals surface area contributed by atoms with Crippen molar-refractivity contribution in [2.75, 3.05) is 44.6 Å². The van der Waals surface area contributed by atoms with E-state index in [-0.39, 0.29) is 31.7 Å². The van der Waals surface area contributed by atoms with Crippen LogP contribution in [0, 0.1) is 0 Å². The average Bonchev–Trinajstić information content (AvgIpc) is 3.09. The maximum absolute atomic E-state index is 11.7. The first-order chi connectivity index (χ1) is 22.4. The molecule has 10 nitrogen and oxygen atoms in total. The summed E-state index contributed by atoms with van der Waals surface area (Å²) in [5.74, 6) is 0.484. The number of carbonyl (C=O) groups excluding carboxylic acids is 2. The van der Waals surface area contributed by atoms with E-state index in [9.17, 15) is 19.8 Å². The van der Waals surface area contributed by atoms with Gasteiger partial charge in [-0.2, -0.15) is 0 Å². The lowest BCUT2D eigenvalue weighted by atomic mass is 9.85. The number of anilines is 2. The van der Waals surface area contributed by atoms with Crippen LogP contribution in [-0.4, -0.2) is 73.4 Å². The molecule has 0 aliphatic heterocycles. The smallest absolute Gasteiger partial charge is 0.411 e. The van der Waals surface area contributed by atoms with Crippen LogP contribution in [0.4, 0.5) is 21.0 Å². The van der Waals surface area contributed by atoms with Gasteiger partial charge in [0, 0.05) is 36.4 Å². The van der Waals surface area contributed by atoms with Crippen LogP contribution >= 0.6 is 0 Å². The standard InChI is InChI=1S/C36H41N3O7/c1-44-35(42)37-29-17-13-27(14-18-29)34(28-15-19-30(20-16-28)38-36(43)45-2)21-31(24-40)39(22-26-9-5-3-6-10-26)23-32(41)25-46-33-11-7-4-8-12-33/h3-20,31-32,34,40-41H,21-25H2,1-2H3,(H,37,42)(H,38,43)/t31-,32-/m0/s1. The normalized spacial score (nSPS) is 12.3.